The van der Waals surface area contributed by atoms with Gasteiger partial charge in [-0.1, -0.05) is 237 Å². The van der Waals surface area contributed by atoms with Gasteiger partial charge in [-0.2, -0.15) is 0 Å². The Hall–Kier alpha value is -15.8. The van der Waals surface area contributed by atoms with E-state index < -0.39 is 0 Å². The lowest BCUT2D eigenvalue weighted by Crippen LogP contribution is -1.95. The topological polar surface area (TPSA) is 69.0 Å². The molecule has 0 saturated carbocycles. The molecule has 0 aliphatic rings. The van der Waals surface area contributed by atoms with Gasteiger partial charge in [0.05, 0.1) is 66.2 Å². The molecule has 0 fully saturated rings. The predicted molar refractivity (Wildman–Crippen MR) is 487 cm³/mol. The maximum atomic E-state index is 6.61. The Morgan fingerprint density at radius 2 is 0.436 bits per heavy atom. The van der Waals surface area contributed by atoms with E-state index in [4.69, 9.17) is 13.3 Å². The van der Waals surface area contributed by atoms with Crippen molar-refractivity contribution in [2.45, 2.75) is 0 Å². The van der Waals surface area contributed by atoms with Crippen molar-refractivity contribution in [1.29, 1.82) is 0 Å². The summed E-state index contributed by atoms with van der Waals surface area (Å²) in [6, 6.07) is 142. The summed E-state index contributed by atoms with van der Waals surface area (Å²) >= 11 is 0. The zero-order valence-corrected chi connectivity index (χ0v) is 63.0. The summed E-state index contributed by atoms with van der Waals surface area (Å²) in [7, 11) is 0. The molecule has 0 unspecified atom stereocenters. The van der Waals surface area contributed by atoms with Crippen LogP contribution in [0.2, 0.25) is 0 Å². The first-order valence-corrected chi connectivity index (χ1v) is 39.9. The Labute approximate surface area is 667 Å². The molecule has 9 heteroatoms. The highest BCUT2D eigenvalue weighted by Crippen LogP contribution is 2.49. The van der Waals surface area contributed by atoms with Gasteiger partial charge in [0.15, 0.2) is 11.2 Å². The zero-order chi connectivity index (χ0) is 76.5. The van der Waals surface area contributed by atoms with Gasteiger partial charge in [0.25, 0.3) is 0 Å². The molecular weight excluding hydrogens is 1430 g/mol. The minimum atomic E-state index is 0.909. The van der Waals surface area contributed by atoms with E-state index in [9.17, 15) is 0 Å². The van der Waals surface area contributed by atoms with Gasteiger partial charge >= 0.3 is 0 Å². The molecule has 9 aromatic heterocycles. The van der Waals surface area contributed by atoms with Crippen molar-refractivity contribution < 1.29 is 13.3 Å². The number of furan rings is 3. The van der Waals surface area contributed by atoms with Crippen LogP contribution in [0.1, 0.15) is 0 Å². The lowest BCUT2D eigenvalue weighted by molar-refractivity contribution is 0.669. The van der Waals surface area contributed by atoms with Gasteiger partial charge < -0.3 is 40.7 Å². The third-order valence-electron chi connectivity index (χ3n) is 24.3. The van der Waals surface area contributed by atoms with Gasteiger partial charge in [0.2, 0.25) is 0 Å². The summed E-state index contributed by atoms with van der Waals surface area (Å²) in [6.45, 7) is 0. The van der Waals surface area contributed by atoms with E-state index in [2.05, 4.69) is 410 Å². The van der Waals surface area contributed by atoms with Crippen LogP contribution in [-0.2, 0) is 0 Å². The molecule has 0 amide bonds. The SMILES string of the molecule is c1ccc(-n2c3ccccc3c3c2ccc2c4ccc5c6ccccc6oc5c4n(-c4ccccc4)c23)cc1.c1ccc(-n2c3ccccc3c3c4c5cc6c(cc5n(-c5ccccc5)c4ccc32)oc2ccccc26)cc1.c1ccc(-n2c3ccccc3c3cc4c(cc32)c2ccc3c5ccccc5oc3c2n4-c2ccccc2)cc1. The first-order chi connectivity index (χ1) is 58.1. The molecule has 117 heavy (non-hydrogen) atoms. The molecule has 18 aromatic carbocycles. The maximum absolute atomic E-state index is 6.61. The number of fused-ring (bicyclic) bond motifs is 31. The Morgan fingerprint density at radius 1 is 0.137 bits per heavy atom. The highest BCUT2D eigenvalue weighted by atomic mass is 16.3. The van der Waals surface area contributed by atoms with Crippen LogP contribution in [0.4, 0.5) is 0 Å². The van der Waals surface area contributed by atoms with Crippen LogP contribution in [0, 0.1) is 0 Å². The predicted octanol–water partition coefficient (Wildman–Crippen LogP) is 29.3. The molecule has 9 nitrogen and oxygen atoms in total. The summed E-state index contributed by atoms with van der Waals surface area (Å²) in [4.78, 5) is 0. The van der Waals surface area contributed by atoms with Crippen LogP contribution in [0.3, 0.4) is 0 Å². The van der Waals surface area contributed by atoms with Gasteiger partial charge in [-0.15, -0.1) is 0 Å². The fraction of sp³-hybridized carbons (Fsp3) is 0. The van der Waals surface area contributed by atoms with Crippen molar-refractivity contribution in [3.05, 3.63) is 400 Å². The molecule has 0 radical (unpaired) electrons. The number of hydrogen-bond donors (Lipinski definition) is 0. The number of para-hydroxylation sites is 12. The van der Waals surface area contributed by atoms with Crippen LogP contribution in [0.5, 0.6) is 0 Å². The first kappa shape index (κ1) is 64.8. The van der Waals surface area contributed by atoms with Gasteiger partial charge in [-0.05, 0) is 158 Å². The van der Waals surface area contributed by atoms with Gasteiger partial charge in [0, 0.05) is 137 Å². The largest absolute Gasteiger partial charge is 0.456 e. The fourth-order valence-electron chi connectivity index (χ4n) is 19.4. The van der Waals surface area contributed by atoms with Crippen molar-refractivity contribution in [3.63, 3.8) is 0 Å². The van der Waals surface area contributed by atoms with Crippen LogP contribution in [-0.4, -0.2) is 27.4 Å². The van der Waals surface area contributed by atoms with Crippen LogP contribution in [0.25, 0.3) is 231 Å². The second kappa shape index (κ2) is 25.3. The minimum absolute atomic E-state index is 0.909. The van der Waals surface area contributed by atoms with Crippen molar-refractivity contribution in [3.8, 4) is 34.1 Å². The third-order valence-corrected chi connectivity index (χ3v) is 24.3. The molecule has 0 aliphatic carbocycles. The molecule has 0 bridgehead atoms. The molecule has 9 heterocycles. The van der Waals surface area contributed by atoms with E-state index in [0.717, 1.165) is 116 Å². The average Bonchev–Trinajstić information content (AvgIpc) is 1.55. The van der Waals surface area contributed by atoms with Crippen LogP contribution < -0.4 is 0 Å². The average molecular weight is 1500 g/mol. The third kappa shape index (κ3) is 9.53. The summed E-state index contributed by atoms with van der Waals surface area (Å²) in [5.74, 6) is 0. The second-order valence-corrected chi connectivity index (χ2v) is 30.5. The van der Waals surface area contributed by atoms with Gasteiger partial charge in [-0.25, -0.2) is 0 Å². The fourth-order valence-corrected chi connectivity index (χ4v) is 19.4. The standard InChI is InChI=1S/3C36H22N2O/c1-3-11-23(12-4-1)37-29-17-9-7-16-26(29)35-30(37)19-20-31-36(35)28-21-27-25-15-8-10-18-33(25)39-34(27)22-32(28)38(31)24-13-5-2-6-14-24;1-3-11-23(12-4-1)37-30-17-9-7-16-29(30)33-31(37)22-21-26-27-19-20-28-25-15-8-10-18-32(25)39-36(28)35(27)38(34(26)33)24-13-5-2-6-14-24;1-3-11-23(12-4-1)37-31-17-9-7-15-25(31)29-21-33-30(22-32(29)37)27-19-20-28-26-16-8-10-18-34(26)39-36(28)35(27)38(33)24-13-5-2-6-14-24/h3*1-22H. The molecular formula is C108H66N6O3. The number of benzene rings is 18. The van der Waals surface area contributed by atoms with E-state index in [1.54, 1.807) is 0 Å². The number of nitrogens with zero attached hydrogens (tertiary/aromatic N) is 6. The van der Waals surface area contributed by atoms with E-state index >= 15 is 0 Å². The number of aromatic nitrogens is 6. The minimum Gasteiger partial charge on any atom is -0.456 e. The quantitative estimate of drug-likeness (QED) is 0.167. The number of hydrogen-bond acceptors (Lipinski definition) is 3. The van der Waals surface area contributed by atoms with Crippen molar-refractivity contribution in [2.24, 2.45) is 0 Å². The summed E-state index contributed by atoms with van der Waals surface area (Å²) in [5, 5.41) is 21.7. The Bertz CT molecular complexity index is 8730. The van der Waals surface area contributed by atoms with Crippen molar-refractivity contribution in [1.82, 2.24) is 27.4 Å². The monoisotopic (exact) mass is 1490 g/mol. The summed E-state index contributed by atoms with van der Waals surface area (Å²) < 4.78 is 33.9. The van der Waals surface area contributed by atoms with Crippen LogP contribution in [0.15, 0.2) is 414 Å². The van der Waals surface area contributed by atoms with E-state index in [-0.39, 0.29) is 0 Å². The smallest absolute Gasteiger partial charge is 0.160 e. The van der Waals surface area contributed by atoms with Crippen LogP contribution >= 0.6 is 0 Å². The molecule has 0 aliphatic heterocycles. The second-order valence-electron chi connectivity index (χ2n) is 30.5. The van der Waals surface area contributed by atoms with E-state index in [0.29, 0.717) is 0 Å². The van der Waals surface area contributed by atoms with Gasteiger partial charge in [-0.3, -0.25) is 0 Å². The maximum Gasteiger partial charge on any atom is 0.160 e. The zero-order valence-electron chi connectivity index (χ0n) is 63.0. The molecule has 27 aromatic rings. The Kier molecular flexibility index (Phi) is 14.0. The van der Waals surface area contributed by atoms with Gasteiger partial charge in [0.1, 0.15) is 22.3 Å². The van der Waals surface area contributed by atoms with Crippen molar-refractivity contribution >= 4 is 197 Å². The summed E-state index contributed by atoms with van der Waals surface area (Å²) in [6.07, 6.45) is 0. The van der Waals surface area contributed by atoms with E-state index in [1.807, 2.05) is 18.2 Å². The Balaban J connectivity index is 0.0000000980. The lowest BCUT2D eigenvalue weighted by Gasteiger charge is -2.10. The molecule has 0 saturated heterocycles. The molecule has 0 spiro atoms. The first-order valence-electron chi connectivity index (χ1n) is 39.9. The normalized spacial score (nSPS) is 12.1. The molecule has 0 N–H and O–H groups in total. The molecule has 546 valence electrons. The summed E-state index contributed by atoms with van der Waals surface area (Å²) in [5.41, 5.74) is 26.5. The molecule has 27 rings (SSSR count). The Morgan fingerprint density at radius 3 is 0.940 bits per heavy atom. The molecule has 0 atom stereocenters. The number of rotatable bonds is 6. The highest BCUT2D eigenvalue weighted by Gasteiger charge is 2.28. The van der Waals surface area contributed by atoms with Crippen molar-refractivity contribution in [2.75, 3.05) is 0 Å². The lowest BCUT2D eigenvalue weighted by atomic mass is 10.0. The highest BCUT2D eigenvalue weighted by molar-refractivity contribution is 6.33. The van der Waals surface area contributed by atoms with E-state index in [1.165, 1.54) is 114 Å².